The van der Waals surface area contributed by atoms with Crippen molar-refractivity contribution in [2.75, 3.05) is 13.2 Å². The van der Waals surface area contributed by atoms with Gasteiger partial charge in [0.2, 0.25) is 0 Å². The van der Waals surface area contributed by atoms with Gasteiger partial charge in [0.05, 0.1) is 0 Å². The average Bonchev–Trinajstić information content (AvgIpc) is 3.06. The number of carbonyl (C=O) groups is 4. The fourth-order valence-electron chi connectivity index (χ4n) is 2.96. The summed E-state index contributed by atoms with van der Waals surface area (Å²) >= 11 is 0. The summed E-state index contributed by atoms with van der Waals surface area (Å²) in [6.07, 6.45) is 3.67. The smallest absolute Gasteiger partial charge is 0.326 e. The summed E-state index contributed by atoms with van der Waals surface area (Å²) in [6.45, 7) is 4.75. The molecule has 1 aliphatic heterocycles. The average molecular weight is 339 g/mol. The van der Waals surface area contributed by atoms with Crippen molar-refractivity contribution in [3.63, 3.8) is 0 Å². The third-order valence-corrected chi connectivity index (χ3v) is 4.72. The van der Waals surface area contributed by atoms with E-state index in [1.54, 1.807) is 0 Å². The van der Waals surface area contributed by atoms with Gasteiger partial charge in [0.15, 0.2) is 6.61 Å². The van der Waals surface area contributed by atoms with Crippen molar-refractivity contribution in [1.29, 1.82) is 0 Å². The quantitative estimate of drug-likeness (QED) is 0.547. The minimum absolute atomic E-state index is 0.376. The molecule has 0 aromatic heterocycles. The van der Waals surface area contributed by atoms with Gasteiger partial charge >= 0.3 is 12.0 Å². The van der Waals surface area contributed by atoms with E-state index in [0.717, 1.165) is 24.2 Å². The lowest BCUT2D eigenvalue weighted by atomic mass is 9.98. The fraction of sp³-hybridized carbons (Fsp3) is 0.750. The highest BCUT2D eigenvalue weighted by atomic mass is 16.5. The molecule has 0 radical (unpaired) electrons. The van der Waals surface area contributed by atoms with Gasteiger partial charge in [-0.05, 0) is 33.1 Å². The summed E-state index contributed by atoms with van der Waals surface area (Å²) in [5, 5.41) is 5.42. The van der Waals surface area contributed by atoms with E-state index in [0.29, 0.717) is 12.8 Å². The number of nitrogens with one attached hydrogen (secondary N) is 2. The lowest BCUT2D eigenvalue weighted by Gasteiger charge is -2.24. The van der Waals surface area contributed by atoms with Crippen molar-refractivity contribution in [3.8, 4) is 0 Å². The lowest BCUT2D eigenvalue weighted by molar-refractivity contribution is -0.151. The molecule has 1 spiro atoms. The Morgan fingerprint density at radius 3 is 2.50 bits per heavy atom. The predicted octanol–water partition coefficient (Wildman–Crippen LogP) is 0.699. The van der Waals surface area contributed by atoms with Crippen molar-refractivity contribution < 1.29 is 23.9 Å². The van der Waals surface area contributed by atoms with Gasteiger partial charge in [0.1, 0.15) is 12.1 Å². The maximum atomic E-state index is 12.4. The van der Waals surface area contributed by atoms with Crippen LogP contribution in [0.3, 0.4) is 0 Å². The molecule has 0 aromatic carbocycles. The highest BCUT2D eigenvalue weighted by Gasteiger charge is 2.52. The summed E-state index contributed by atoms with van der Waals surface area (Å²) in [5.74, 6) is -1.57. The number of carbonyl (C=O) groups excluding carboxylic acids is 4. The molecule has 0 atom stereocenters. The molecule has 4 amide bonds. The van der Waals surface area contributed by atoms with Crippen molar-refractivity contribution in [1.82, 2.24) is 15.5 Å². The van der Waals surface area contributed by atoms with Crippen LogP contribution in [0, 0.1) is 0 Å². The van der Waals surface area contributed by atoms with Crippen LogP contribution >= 0.6 is 0 Å². The van der Waals surface area contributed by atoms with Gasteiger partial charge in [-0.25, -0.2) is 4.79 Å². The molecule has 0 unspecified atom stereocenters. The first kappa shape index (κ1) is 18.2. The maximum absolute atomic E-state index is 12.4. The molecular weight excluding hydrogens is 314 g/mol. The fourth-order valence-corrected chi connectivity index (χ4v) is 2.96. The zero-order valence-electron chi connectivity index (χ0n) is 14.4. The molecule has 1 saturated heterocycles. The molecule has 2 fully saturated rings. The highest BCUT2D eigenvalue weighted by Crippen LogP contribution is 2.34. The van der Waals surface area contributed by atoms with E-state index in [2.05, 4.69) is 10.6 Å². The Kier molecular flexibility index (Phi) is 5.15. The topological polar surface area (TPSA) is 105 Å². The number of amides is 4. The molecule has 24 heavy (non-hydrogen) atoms. The van der Waals surface area contributed by atoms with Crippen LogP contribution in [0.25, 0.3) is 0 Å². The van der Waals surface area contributed by atoms with Crippen molar-refractivity contribution in [2.24, 2.45) is 0 Å². The summed E-state index contributed by atoms with van der Waals surface area (Å²) < 4.78 is 4.88. The van der Waals surface area contributed by atoms with E-state index in [1.165, 1.54) is 0 Å². The van der Waals surface area contributed by atoms with E-state index in [9.17, 15) is 19.2 Å². The summed E-state index contributed by atoms with van der Waals surface area (Å²) in [4.78, 5) is 48.8. The van der Waals surface area contributed by atoms with Gasteiger partial charge in [-0.15, -0.1) is 0 Å². The van der Waals surface area contributed by atoms with Crippen LogP contribution in [0.4, 0.5) is 4.79 Å². The van der Waals surface area contributed by atoms with E-state index in [-0.39, 0.29) is 11.4 Å². The molecule has 1 heterocycles. The molecule has 8 nitrogen and oxygen atoms in total. The number of urea groups is 1. The molecule has 0 aromatic rings. The molecule has 0 bridgehead atoms. The van der Waals surface area contributed by atoms with E-state index < -0.39 is 36.6 Å². The van der Waals surface area contributed by atoms with Crippen LogP contribution in [0.5, 0.6) is 0 Å². The third-order valence-electron chi connectivity index (χ3n) is 4.72. The van der Waals surface area contributed by atoms with Gasteiger partial charge in [-0.2, -0.15) is 0 Å². The molecule has 8 heteroatoms. The number of rotatable bonds is 6. The molecule has 2 N–H and O–H groups in total. The molecule has 1 aliphatic carbocycles. The first-order valence-corrected chi connectivity index (χ1v) is 8.30. The number of nitrogens with zero attached hydrogens (tertiary/aromatic N) is 1. The van der Waals surface area contributed by atoms with Crippen molar-refractivity contribution in [2.45, 2.75) is 64.0 Å². The minimum Gasteiger partial charge on any atom is -0.454 e. The molecule has 1 saturated carbocycles. The Hall–Kier alpha value is -2.12. The monoisotopic (exact) mass is 339 g/mol. The zero-order valence-corrected chi connectivity index (χ0v) is 14.4. The van der Waals surface area contributed by atoms with E-state index >= 15 is 0 Å². The second-order valence-corrected chi connectivity index (χ2v) is 7.06. The standard InChI is InChI=1S/C16H25N3O5/c1-4-15(2,3)17-11(20)10-24-12(21)9-19-13(22)16(18-14(19)23)7-5-6-8-16/h4-10H2,1-3H3,(H,17,20)(H,18,23). The highest BCUT2D eigenvalue weighted by molar-refractivity contribution is 6.08. The first-order valence-electron chi connectivity index (χ1n) is 8.30. The second kappa shape index (κ2) is 6.78. The third kappa shape index (κ3) is 3.85. The van der Waals surface area contributed by atoms with Crippen LogP contribution in [0.15, 0.2) is 0 Å². The van der Waals surface area contributed by atoms with Crippen LogP contribution < -0.4 is 10.6 Å². The van der Waals surface area contributed by atoms with Crippen molar-refractivity contribution >= 4 is 23.8 Å². The van der Waals surface area contributed by atoms with E-state index in [1.807, 2.05) is 20.8 Å². The Morgan fingerprint density at radius 1 is 1.29 bits per heavy atom. The Bertz CT molecular complexity index is 552. The lowest BCUT2D eigenvalue weighted by Crippen LogP contribution is -2.46. The predicted molar refractivity (Wildman–Crippen MR) is 84.9 cm³/mol. The van der Waals surface area contributed by atoms with Gasteiger partial charge in [0.25, 0.3) is 11.8 Å². The largest absolute Gasteiger partial charge is 0.454 e. The Balaban J connectivity index is 1.83. The van der Waals surface area contributed by atoms with Crippen LogP contribution in [0.1, 0.15) is 52.9 Å². The molecule has 2 aliphatic rings. The second-order valence-electron chi connectivity index (χ2n) is 7.06. The zero-order chi connectivity index (χ0) is 18.0. The number of hydrogen-bond acceptors (Lipinski definition) is 5. The molecule has 2 rings (SSSR count). The summed E-state index contributed by atoms with van der Waals surface area (Å²) in [6, 6.07) is -0.574. The van der Waals surface area contributed by atoms with Gasteiger partial charge in [-0.3, -0.25) is 19.3 Å². The SMILES string of the molecule is CCC(C)(C)NC(=O)COC(=O)CN1C(=O)NC2(CCCC2)C1=O. The number of ether oxygens (including phenoxy) is 1. The van der Waals surface area contributed by atoms with Gasteiger partial charge in [0, 0.05) is 5.54 Å². The van der Waals surface area contributed by atoms with Crippen molar-refractivity contribution in [3.05, 3.63) is 0 Å². The van der Waals surface area contributed by atoms with Gasteiger partial charge < -0.3 is 15.4 Å². The Morgan fingerprint density at radius 2 is 1.92 bits per heavy atom. The number of hydrogen-bond donors (Lipinski definition) is 2. The number of esters is 1. The molecular formula is C16H25N3O5. The van der Waals surface area contributed by atoms with Crippen LogP contribution in [-0.4, -0.2) is 52.9 Å². The Labute approximate surface area is 141 Å². The van der Waals surface area contributed by atoms with Crippen LogP contribution in [0.2, 0.25) is 0 Å². The summed E-state index contributed by atoms with van der Waals surface area (Å²) in [5.41, 5.74) is -1.23. The summed E-state index contributed by atoms with van der Waals surface area (Å²) in [7, 11) is 0. The van der Waals surface area contributed by atoms with Gasteiger partial charge in [-0.1, -0.05) is 19.8 Å². The van der Waals surface area contributed by atoms with E-state index in [4.69, 9.17) is 4.74 Å². The maximum Gasteiger partial charge on any atom is 0.326 e. The number of imide groups is 1. The normalized spacial score (nSPS) is 19.5. The minimum atomic E-state index is -0.847. The van der Waals surface area contributed by atoms with Crippen LogP contribution in [-0.2, 0) is 19.1 Å². The first-order chi connectivity index (χ1) is 11.2. The molecule has 134 valence electrons.